The van der Waals surface area contributed by atoms with Crippen LogP contribution in [0.3, 0.4) is 0 Å². The Balaban J connectivity index is 1.33. The topological polar surface area (TPSA) is 76.1 Å². The first-order valence-electron chi connectivity index (χ1n) is 8.15. The number of ether oxygens (including phenoxy) is 1. The van der Waals surface area contributed by atoms with Crippen LogP contribution < -0.4 is 10.2 Å². The smallest absolute Gasteiger partial charge is 0.491 e. The molecule has 6 nitrogen and oxygen atoms in total. The molecule has 0 radical (unpaired) electrons. The molecule has 0 saturated heterocycles. The van der Waals surface area contributed by atoms with Crippen LogP contribution in [-0.2, 0) is 11.3 Å². The zero-order valence-corrected chi connectivity index (χ0v) is 13.5. The Morgan fingerprint density at radius 2 is 1.84 bits per heavy atom. The molecule has 0 bridgehead atoms. The van der Waals surface area contributed by atoms with E-state index in [4.69, 9.17) is 9.39 Å². The Labute approximate surface area is 145 Å². The maximum atomic E-state index is 12.3. The van der Waals surface area contributed by atoms with Crippen LogP contribution in [0.25, 0.3) is 0 Å². The Morgan fingerprint density at radius 1 is 1.12 bits per heavy atom. The van der Waals surface area contributed by atoms with Gasteiger partial charge in [0.15, 0.2) is 0 Å². The van der Waals surface area contributed by atoms with Gasteiger partial charge in [-0.3, -0.25) is 14.5 Å². The predicted octanol–water partition coefficient (Wildman–Crippen LogP) is 0.969. The number of imide groups is 1. The minimum Gasteiger partial charge on any atom is -0.494 e. The number of nitrogens with zero attached hydrogens (tertiary/aromatic N) is 1. The molecule has 0 unspecified atom stereocenters. The third-order valence-electron chi connectivity index (χ3n) is 4.45. The Kier molecular flexibility index (Phi) is 4.03. The molecule has 7 heteroatoms. The van der Waals surface area contributed by atoms with Crippen LogP contribution in [0.5, 0.6) is 5.75 Å². The van der Waals surface area contributed by atoms with Gasteiger partial charge < -0.3 is 14.4 Å². The van der Waals surface area contributed by atoms with Crippen molar-refractivity contribution in [3.63, 3.8) is 0 Å². The largest absolute Gasteiger partial charge is 0.494 e. The molecule has 0 atom stereocenters. The van der Waals surface area contributed by atoms with Crippen LogP contribution in [0.2, 0.25) is 0 Å². The van der Waals surface area contributed by atoms with Gasteiger partial charge in [-0.15, -0.1) is 0 Å². The van der Waals surface area contributed by atoms with E-state index in [9.17, 15) is 14.6 Å². The second-order valence-corrected chi connectivity index (χ2v) is 6.03. The summed E-state index contributed by atoms with van der Waals surface area (Å²) in [6.07, 6.45) is 0.529. The van der Waals surface area contributed by atoms with Gasteiger partial charge in [0, 0.05) is 6.54 Å². The average molecular weight is 337 g/mol. The highest BCUT2D eigenvalue weighted by Gasteiger charge is 2.34. The molecule has 1 N–H and O–H groups in total. The maximum absolute atomic E-state index is 12.3. The van der Waals surface area contributed by atoms with Crippen molar-refractivity contribution in [2.75, 3.05) is 13.2 Å². The van der Waals surface area contributed by atoms with Crippen LogP contribution in [0.15, 0.2) is 42.5 Å². The lowest BCUT2D eigenvalue weighted by Gasteiger charge is -2.14. The molecule has 2 amide bonds. The van der Waals surface area contributed by atoms with E-state index in [-0.39, 0.29) is 11.8 Å². The van der Waals surface area contributed by atoms with Crippen LogP contribution in [0.4, 0.5) is 0 Å². The molecule has 0 fully saturated rings. The summed E-state index contributed by atoms with van der Waals surface area (Å²) in [4.78, 5) is 25.8. The van der Waals surface area contributed by atoms with Gasteiger partial charge in [-0.1, -0.05) is 18.2 Å². The van der Waals surface area contributed by atoms with Gasteiger partial charge in [-0.05, 0) is 41.7 Å². The zero-order valence-electron chi connectivity index (χ0n) is 13.5. The van der Waals surface area contributed by atoms with Crippen molar-refractivity contribution < 1.29 is 24.0 Å². The molecule has 0 aromatic heterocycles. The minimum absolute atomic E-state index is 0.251. The second kappa shape index (κ2) is 6.35. The maximum Gasteiger partial charge on any atom is 0.491 e. The van der Waals surface area contributed by atoms with Gasteiger partial charge in [0.1, 0.15) is 5.75 Å². The number of fused-ring (bicyclic) bond motifs is 2. The lowest BCUT2D eigenvalue weighted by Crippen LogP contribution is -2.31. The quantitative estimate of drug-likeness (QED) is 0.500. The molecule has 2 aromatic rings. The first kappa shape index (κ1) is 15.9. The minimum atomic E-state index is -0.906. The molecule has 25 heavy (non-hydrogen) atoms. The van der Waals surface area contributed by atoms with Crippen LogP contribution in [-0.4, -0.2) is 42.0 Å². The monoisotopic (exact) mass is 337 g/mol. The molecule has 126 valence electrons. The van der Waals surface area contributed by atoms with E-state index in [0.717, 1.165) is 11.0 Å². The van der Waals surface area contributed by atoms with Gasteiger partial charge in [0.25, 0.3) is 11.8 Å². The van der Waals surface area contributed by atoms with Crippen LogP contribution >= 0.6 is 0 Å². The number of rotatable bonds is 5. The van der Waals surface area contributed by atoms with E-state index in [1.54, 1.807) is 30.3 Å². The van der Waals surface area contributed by atoms with Crippen molar-refractivity contribution in [2.24, 2.45) is 0 Å². The second-order valence-electron chi connectivity index (χ2n) is 6.03. The summed E-state index contributed by atoms with van der Waals surface area (Å²) in [7, 11) is -0.906. The van der Waals surface area contributed by atoms with Crippen LogP contribution in [0.1, 0.15) is 32.7 Å². The molecular formula is C18H16BNO5. The Morgan fingerprint density at radius 3 is 2.56 bits per heavy atom. The standard InChI is InChI=1S/C18H16BNO5/c21-17-14-4-1-2-5-15(14)18(22)20(17)8-3-9-24-13-7-6-12-11-25-19(23)16(12)10-13/h1-2,4-7,10,23H,3,8-9,11H2. The molecule has 2 heterocycles. The summed E-state index contributed by atoms with van der Waals surface area (Å²) < 4.78 is 10.8. The van der Waals surface area contributed by atoms with Gasteiger partial charge in [-0.25, -0.2) is 0 Å². The number of hydrogen-bond donors (Lipinski definition) is 1. The first-order valence-corrected chi connectivity index (χ1v) is 8.15. The van der Waals surface area contributed by atoms with Crippen molar-refractivity contribution in [3.05, 3.63) is 59.2 Å². The summed E-state index contributed by atoms with van der Waals surface area (Å²) in [6.45, 7) is 1.07. The number of benzene rings is 2. The van der Waals surface area contributed by atoms with Gasteiger partial charge in [0.2, 0.25) is 0 Å². The lowest BCUT2D eigenvalue weighted by molar-refractivity contribution is 0.0646. The van der Waals surface area contributed by atoms with E-state index in [0.29, 0.717) is 43.1 Å². The summed E-state index contributed by atoms with van der Waals surface area (Å²) in [6, 6.07) is 12.3. The van der Waals surface area contributed by atoms with Gasteiger partial charge >= 0.3 is 7.12 Å². The van der Waals surface area contributed by atoms with Crippen molar-refractivity contribution in [1.29, 1.82) is 0 Å². The zero-order chi connectivity index (χ0) is 17.4. The highest BCUT2D eigenvalue weighted by atomic mass is 16.5. The third kappa shape index (κ3) is 2.81. The third-order valence-corrected chi connectivity index (χ3v) is 4.45. The highest BCUT2D eigenvalue weighted by Crippen LogP contribution is 2.22. The summed E-state index contributed by atoms with van der Waals surface area (Å²) in [5, 5.41) is 9.71. The normalized spacial score (nSPS) is 15.6. The molecule has 2 aliphatic heterocycles. The fourth-order valence-electron chi connectivity index (χ4n) is 3.14. The van der Waals surface area contributed by atoms with E-state index in [2.05, 4.69) is 0 Å². The number of amides is 2. The Hall–Kier alpha value is -2.64. The van der Waals surface area contributed by atoms with Crippen molar-refractivity contribution in [1.82, 2.24) is 4.90 Å². The number of hydrogen-bond acceptors (Lipinski definition) is 5. The average Bonchev–Trinajstić information content (AvgIpc) is 3.12. The summed E-state index contributed by atoms with van der Waals surface area (Å²) in [5.74, 6) is 0.127. The molecule has 0 aliphatic carbocycles. The van der Waals surface area contributed by atoms with Gasteiger partial charge in [0.05, 0.1) is 24.3 Å². The molecule has 2 aliphatic rings. The molecule has 2 aromatic carbocycles. The number of carbonyl (C=O) groups is 2. The highest BCUT2D eigenvalue weighted by molar-refractivity contribution is 6.61. The summed E-state index contributed by atoms with van der Waals surface area (Å²) in [5.41, 5.74) is 2.59. The van der Waals surface area contributed by atoms with Crippen molar-refractivity contribution in [2.45, 2.75) is 13.0 Å². The van der Waals surface area contributed by atoms with E-state index < -0.39 is 7.12 Å². The SMILES string of the molecule is O=C1c2ccccc2C(=O)N1CCCOc1ccc2c(c1)B(O)OC2. The lowest BCUT2D eigenvalue weighted by atomic mass is 9.79. The van der Waals surface area contributed by atoms with Crippen LogP contribution in [0, 0.1) is 0 Å². The molecule has 4 rings (SSSR count). The van der Waals surface area contributed by atoms with E-state index in [1.807, 2.05) is 12.1 Å². The number of carbonyl (C=O) groups excluding carboxylic acids is 2. The van der Waals surface area contributed by atoms with Crippen molar-refractivity contribution in [3.8, 4) is 5.75 Å². The molecule has 0 saturated carbocycles. The molecular weight excluding hydrogens is 321 g/mol. The predicted molar refractivity (Wildman–Crippen MR) is 90.8 cm³/mol. The van der Waals surface area contributed by atoms with Gasteiger partial charge in [-0.2, -0.15) is 0 Å². The van der Waals surface area contributed by atoms with E-state index in [1.165, 1.54) is 4.90 Å². The fourth-order valence-corrected chi connectivity index (χ4v) is 3.14. The fraction of sp³-hybridized carbons (Fsp3) is 0.222. The first-order chi connectivity index (χ1) is 12.1. The Bertz CT molecular complexity index is 818. The molecule has 0 spiro atoms. The van der Waals surface area contributed by atoms with Crippen molar-refractivity contribution >= 4 is 24.4 Å². The van der Waals surface area contributed by atoms with E-state index >= 15 is 0 Å². The summed E-state index contributed by atoms with van der Waals surface area (Å²) >= 11 is 0.